The summed E-state index contributed by atoms with van der Waals surface area (Å²) in [5.74, 6) is 0.637. The van der Waals surface area contributed by atoms with Crippen LogP contribution in [-0.2, 0) is 0 Å². The Kier molecular flexibility index (Phi) is 3.11. The average molecular weight is 263 g/mol. The predicted molar refractivity (Wildman–Crippen MR) is 70.6 cm³/mol. The van der Waals surface area contributed by atoms with Crippen LogP contribution in [0.4, 0.5) is 5.82 Å². The molecule has 1 aromatic heterocycles. The van der Waals surface area contributed by atoms with Crippen molar-refractivity contribution in [1.29, 1.82) is 5.26 Å². The van der Waals surface area contributed by atoms with Gasteiger partial charge in [0.05, 0.1) is 5.56 Å². The van der Waals surface area contributed by atoms with Crippen LogP contribution in [0.2, 0.25) is 5.02 Å². The standard InChI is InChI=1S/C13H15ClN4/c14-12-9(7-15)3-5-16-13(12)17-10-4-6-18(8-10)11-1-2-11/h3,5,10-11H,1-2,4,6,8H2,(H,16,17). The van der Waals surface area contributed by atoms with E-state index in [9.17, 15) is 0 Å². The van der Waals surface area contributed by atoms with Gasteiger partial charge in [-0.2, -0.15) is 5.26 Å². The topological polar surface area (TPSA) is 52.0 Å². The van der Waals surface area contributed by atoms with Crippen LogP contribution in [0.15, 0.2) is 12.3 Å². The number of rotatable bonds is 3. The molecule has 1 saturated carbocycles. The monoisotopic (exact) mass is 262 g/mol. The number of pyridine rings is 1. The van der Waals surface area contributed by atoms with E-state index in [4.69, 9.17) is 16.9 Å². The Morgan fingerprint density at radius 1 is 1.44 bits per heavy atom. The van der Waals surface area contributed by atoms with Gasteiger partial charge in [-0.1, -0.05) is 11.6 Å². The van der Waals surface area contributed by atoms with Gasteiger partial charge in [0.15, 0.2) is 0 Å². The van der Waals surface area contributed by atoms with Gasteiger partial charge in [-0.25, -0.2) is 4.98 Å². The molecule has 0 amide bonds. The summed E-state index contributed by atoms with van der Waals surface area (Å²) < 4.78 is 0. The van der Waals surface area contributed by atoms with Crippen molar-refractivity contribution in [2.75, 3.05) is 18.4 Å². The van der Waals surface area contributed by atoms with Crippen molar-refractivity contribution in [2.45, 2.75) is 31.3 Å². The highest BCUT2D eigenvalue weighted by atomic mass is 35.5. The van der Waals surface area contributed by atoms with Crippen molar-refractivity contribution in [1.82, 2.24) is 9.88 Å². The quantitative estimate of drug-likeness (QED) is 0.908. The third-order valence-corrected chi connectivity index (χ3v) is 4.02. The summed E-state index contributed by atoms with van der Waals surface area (Å²) in [6.45, 7) is 2.21. The Hall–Kier alpha value is -1.31. The molecule has 2 fully saturated rings. The minimum atomic E-state index is 0.393. The molecule has 1 aliphatic carbocycles. The largest absolute Gasteiger partial charge is 0.365 e. The first-order chi connectivity index (χ1) is 8.78. The van der Waals surface area contributed by atoms with Crippen molar-refractivity contribution in [2.24, 2.45) is 0 Å². The molecule has 3 rings (SSSR count). The summed E-state index contributed by atoms with van der Waals surface area (Å²) in [6, 6.07) is 4.92. The lowest BCUT2D eigenvalue weighted by molar-refractivity contribution is 0.326. The normalized spacial score (nSPS) is 23.9. The molecular weight excluding hydrogens is 248 g/mol. The molecule has 2 heterocycles. The van der Waals surface area contributed by atoms with Crippen molar-refractivity contribution in [3.63, 3.8) is 0 Å². The maximum absolute atomic E-state index is 8.93. The van der Waals surface area contributed by atoms with Crippen molar-refractivity contribution in [3.8, 4) is 6.07 Å². The Morgan fingerprint density at radius 2 is 2.28 bits per heavy atom. The average Bonchev–Trinajstić information content (AvgIpc) is 3.13. The van der Waals surface area contributed by atoms with E-state index in [0.29, 0.717) is 22.4 Å². The molecule has 1 atom stereocenters. The number of likely N-dealkylation sites (tertiary alicyclic amines) is 1. The van der Waals surface area contributed by atoms with Crippen LogP contribution in [-0.4, -0.2) is 35.1 Å². The predicted octanol–water partition coefficient (Wildman–Crippen LogP) is 2.26. The van der Waals surface area contributed by atoms with Gasteiger partial charge in [-0.3, -0.25) is 4.90 Å². The van der Waals surface area contributed by atoms with E-state index < -0.39 is 0 Å². The van der Waals surface area contributed by atoms with E-state index in [2.05, 4.69) is 21.3 Å². The fourth-order valence-electron chi connectivity index (χ4n) is 2.50. The van der Waals surface area contributed by atoms with Gasteiger partial charge in [0.1, 0.15) is 16.9 Å². The summed E-state index contributed by atoms with van der Waals surface area (Å²) in [5.41, 5.74) is 0.478. The van der Waals surface area contributed by atoms with E-state index in [1.807, 2.05) is 0 Å². The maximum Gasteiger partial charge on any atom is 0.146 e. The van der Waals surface area contributed by atoms with E-state index in [-0.39, 0.29) is 0 Å². The zero-order valence-corrected chi connectivity index (χ0v) is 10.8. The molecule has 1 unspecified atom stereocenters. The van der Waals surface area contributed by atoms with E-state index in [1.165, 1.54) is 12.8 Å². The number of aromatic nitrogens is 1. The fourth-order valence-corrected chi connectivity index (χ4v) is 2.71. The van der Waals surface area contributed by atoms with Gasteiger partial charge in [-0.15, -0.1) is 0 Å². The number of nitrogens with zero attached hydrogens (tertiary/aromatic N) is 3. The van der Waals surface area contributed by atoms with Crippen LogP contribution in [0, 0.1) is 11.3 Å². The van der Waals surface area contributed by atoms with Crippen molar-refractivity contribution in [3.05, 3.63) is 22.8 Å². The molecule has 1 saturated heterocycles. The molecule has 4 nitrogen and oxygen atoms in total. The zero-order valence-electron chi connectivity index (χ0n) is 10.1. The molecule has 94 valence electrons. The molecule has 5 heteroatoms. The summed E-state index contributed by atoms with van der Waals surface area (Å²) >= 11 is 6.14. The number of hydrogen-bond donors (Lipinski definition) is 1. The first-order valence-electron chi connectivity index (χ1n) is 6.33. The van der Waals surface area contributed by atoms with Gasteiger partial charge >= 0.3 is 0 Å². The lowest BCUT2D eigenvalue weighted by Gasteiger charge is -2.16. The Morgan fingerprint density at radius 3 is 3.00 bits per heavy atom. The SMILES string of the molecule is N#Cc1ccnc(NC2CCN(C3CC3)C2)c1Cl. The van der Waals surface area contributed by atoms with Crippen LogP contribution >= 0.6 is 11.6 Å². The second-order valence-electron chi connectivity index (χ2n) is 4.99. The summed E-state index contributed by atoms with van der Waals surface area (Å²) in [5, 5.41) is 12.7. The van der Waals surface area contributed by atoms with E-state index in [1.54, 1.807) is 12.3 Å². The first-order valence-corrected chi connectivity index (χ1v) is 6.71. The van der Waals surface area contributed by atoms with Gasteiger partial charge in [0.2, 0.25) is 0 Å². The summed E-state index contributed by atoms with van der Waals surface area (Å²) in [4.78, 5) is 6.75. The number of nitriles is 1. The van der Waals surface area contributed by atoms with Gasteiger partial charge in [0, 0.05) is 31.4 Å². The Balaban J connectivity index is 1.68. The molecular formula is C13H15ClN4. The van der Waals surface area contributed by atoms with Crippen LogP contribution in [0.1, 0.15) is 24.8 Å². The number of nitrogens with one attached hydrogen (secondary N) is 1. The highest BCUT2D eigenvalue weighted by Crippen LogP contribution is 2.31. The number of anilines is 1. The molecule has 18 heavy (non-hydrogen) atoms. The molecule has 0 spiro atoms. The molecule has 0 radical (unpaired) electrons. The second-order valence-corrected chi connectivity index (χ2v) is 5.37. The maximum atomic E-state index is 8.93. The Labute approximate surface area is 112 Å². The highest BCUT2D eigenvalue weighted by molar-refractivity contribution is 6.34. The van der Waals surface area contributed by atoms with Gasteiger partial charge < -0.3 is 5.32 Å². The first kappa shape index (κ1) is 11.8. The minimum Gasteiger partial charge on any atom is -0.365 e. The van der Waals surface area contributed by atoms with Crippen molar-refractivity contribution >= 4 is 17.4 Å². The minimum absolute atomic E-state index is 0.393. The van der Waals surface area contributed by atoms with Crippen LogP contribution in [0.25, 0.3) is 0 Å². The zero-order chi connectivity index (χ0) is 12.5. The molecule has 1 aromatic rings. The molecule has 0 bridgehead atoms. The summed E-state index contributed by atoms with van der Waals surface area (Å²) in [6.07, 6.45) is 5.43. The second kappa shape index (κ2) is 4.75. The van der Waals surface area contributed by atoms with Gasteiger partial charge in [0.25, 0.3) is 0 Å². The number of hydrogen-bond acceptors (Lipinski definition) is 4. The third-order valence-electron chi connectivity index (χ3n) is 3.63. The highest BCUT2D eigenvalue weighted by Gasteiger charge is 2.34. The molecule has 2 aliphatic rings. The molecule has 0 aromatic carbocycles. The van der Waals surface area contributed by atoms with E-state index in [0.717, 1.165) is 25.6 Å². The van der Waals surface area contributed by atoms with Crippen LogP contribution in [0.5, 0.6) is 0 Å². The molecule has 1 aliphatic heterocycles. The third kappa shape index (κ3) is 2.29. The van der Waals surface area contributed by atoms with Crippen LogP contribution < -0.4 is 5.32 Å². The lowest BCUT2D eigenvalue weighted by atomic mass is 10.2. The number of halogens is 1. The Bertz CT molecular complexity index is 492. The lowest BCUT2D eigenvalue weighted by Crippen LogP contribution is -2.28. The summed E-state index contributed by atoms with van der Waals surface area (Å²) in [7, 11) is 0. The van der Waals surface area contributed by atoms with Crippen LogP contribution in [0.3, 0.4) is 0 Å². The van der Waals surface area contributed by atoms with Gasteiger partial charge in [-0.05, 0) is 25.3 Å². The fraction of sp³-hybridized carbons (Fsp3) is 0.538. The van der Waals surface area contributed by atoms with E-state index >= 15 is 0 Å². The smallest absolute Gasteiger partial charge is 0.146 e. The molecule has 1 N–H and O–H groups in total. The van der Waals surface area contributed by atoms with Crippen molar-refractivity contribution < 1.29 is 0 Å².